The maximum absolute atomic E-state index is 12.5. The summed E-state index contributed by atoms with van der Waals surface area (Å²) in [5, 5.41) is 8.74. The van der Waals surface area contributed by atoms with Crippen LogP contribution in [0.2, 0.25) is 0 Å². The Bertz CT molecular complexity index is 486. The van der Waals surface area contributed by atoms with Crippen molar-refractivity contribution in [2.45, 2.75) is 12.6 Å². The monoisotopic (exact) mass is 258 g/mol. The molecule has 0 bridgehead atoms. The smallest absolute Gasteiger partial charge is 0.417 e. The standard InChI is InChI=1S/C12H9F3O3/c1-2-3-6-18-8-4-5-10(12(13,14)15)9(7-8)11(16)17/h1,4-5,7H,3,6H2,(H,16,17). The van der Waals surface area contributed by atoms with Gasteiger partial charge in [0.2, 0.25) is 0 Å². The molecule has 1 rings (SSSR count). The van der Waals surface area contributed by atoms with E-state index in [1.54, 1.807) is 0 Å². The second kappa shape index (κ2) is 5.45. The van der Waals surface area contributed by atoms with Crippen LogP contribution < -0.4 is 4.74 Å². The second-order valence-electron chi connectivity index (χ2n) is 3.31. The lowest BCUT2D eigenvalue weighted by atomic mass is 10.1. The first kappa shape index (κ1) is 13.9. The summed E-state index contributed by atoms with van der Waals surface area (Å²) in [6.07, 6.45) is 0.543. The van der Waals surface area contributed by atoms with Gasteiger partial charge in [0.25, 0.3) is 0 Å². The Hall–Kier alpha value is -2.16. The molecule has 1 aromatic rings. The van der Waals surface area contributed by atoms with Crippen molar-refractivity contribution >= 4 is 5.97 Å². The third kappa shape index (κ3) is 3.42. The zero-order valence-corrected chi connectivity index (χ0v) is 9.12. The average molecular weight is 258 g/mol. The number of hydrogen-bond acceptors (Lipinski definition) is 2. The maximum atomic E-state index is 12.5. The lowest BCUT2D eigenvalue weighted by Crippen LogP contribution is -2.13. The first-order chi connectivity index (χ1) is 8.36. The van der Waals surface area contributed by atoms with E-state index in [4.69, 9.17) is 16.3 Å². The third-order valence-electron chi connectivity index (χ3n) is 2.04. The Morgan fingerprint density at radius 2 is 2.11 bits per heavy atom. The van der Waals surface area contributed by atoms with Crippen molar-refractivity contribution in [2.75, 3.05) is 6.61 Å². The molecule has 0 atom stereocenters. The highest BCUT2D eigenvalue weighted by Gasteiger charge is 2.35. The largest absolute Gasteiger partial charge is 0.493 e. The lowest BCUT2D eigenvalue weighted by molar-refractivity contribution is -0.138. The van der Waals surface area contributed by atoms with Crippen molar-refractivity contribution in [3.8, 4) is 18.1 Å². The first-order valence-corrected chi connectivity index (χ1v) is 4.87. The molecule has 0 aliphatic rings. The van der Waals surface area contributed by atoms with Crippen LogP contribution in [0.1, 0.15) is 22.3 Å². The van der Waals surface area contributed by atoms with Gasteiger partial charge in [-0.2, -0.15) is 13.2 Å². The Labute approximate surface area is 101 Å². The molecule has 1 aromatic carbocycles. The van der Waals surface area contributed by atoms with E-state index in [-0.39, 0.29) is 18.8 Å². The highest BCUT2D eigenvalue weighted by molar-refractivity contribution is 5.90. The van der Waals surface area contributed by atoms with Crippen molar-refractivity contribution < 1.29 is 27.8 Å². The van der Waals surface area contributed by atoms with Crippen molar-refractivity contribution in [2.24, 2.45) is 0 Å². The van der Waals surface area contributed by atoms with E-state index in [0.29, 0.717) is 6.07 Å². The summed E-state index contributed by atoms with van der Waals surface area (Å²) in [5.41, 5.74) is -2.06. The number of hydrogen-bond donors (Lipinski definition) is 1. The number of carboxylic acids is 1. The summed E-state index contributed by atoms with van der Waals surface area (Å²) >= 11 is 0. The van der Waals surface area contributed by atoms with Crippen LogP contribution >= 0.6 is 0 Å². The second-order valence-corrected chi connectivity index (χ2v) is 3.31. The van der Waals surface area contributed by atoms with E-state index < -0.39 is 23.3 Å². The van der Waals surface area contributed by atoms with Crippen LogP contribution in [0.5, 0.6) is 5.75 Å². The van der Waals surface area contributed by atoms with Gasteiger partial charge in [0, 0.05) is 6.42 Å². The Kier molecular flexibility index (Phi) is 4.21. The van der Waals surface area contributed by atoms with Crippen molar-refractivity contribution in [3.63, 3.8) is 0 Å². The van der Waals surface area contributed by atoms with Gasteiger partial charge in [-0.1, -0.05) is 0 Å². The number of carboxylic acid groups (broad SMARTS) is 1. The van der Waals surface area contributed by atoms with Crippen molar-refractivity contribution in [3.05, 3.63) is 29.3 Å². The molecule has 0 radical (unpaired) electrons. The number of rotatable bonds is 4. The van der Waals surface area contributed by atoms with Gasteiger partial charge in [0.05, 0.1) is 17.7 Å². The molecule has 0 spiro atoms. The summed E-state index contributed by atoms with van der Waals surface area (Å²) in [4.78, 5) is 10.8. The van der Waals surface area contributed by atoms with Gasteiger partial charge in [0.1, 0.15) is 5.75 Å². The Morgan fingerprint density at radius 3 is 2.61 bits per heavy atom. The number of terminal acetylenes is 1. The van der Waals surface area contributed by atoms with Gasteiger partial charge in [0.15, 0.2) is 0 Å². The highest BCUT2D eigenvalue weighted by Crippen LogP contribution is 2.33. The van der Waals surface area contributed by atoms with Gasteiger partial charge >= 0.3 is 12.1 Å². The van der Waals surface area contributed by atoms with E-state index in [0.717, 1.165) is 12.1 Å². The molecule has 0 unspecified atom stereocenters. The molecule has 96 valence electrons. The normalized spacial score (nSPS) is 10.8. The summed E-state index contributed by atoms with van der Waals surface area (Å²) in [7, 11) is 0. The molecule has 0 saturated carbocycles. The van der Waals surface area contributed by atoms with Crippen LogP contribution in [0.25, 0.3) is 0 Å². The predicted octanol–water partition coefficient (Wildman–Crippen LogP) is 2.81. The molecule has 0 aliphatic carbocycles. The van der Waals surface area contributed by atoms with E-state index in [1.807, 2.05) is 0 Å². The Morgan fingerprint density at radius 1 is 1.44 bits per heavy atom. The highest BCUT2D eigenvalue weighted by atomic mass is 19.4. The molecular formula is C12H9F3O3. The molecule has 18 heavy (non-hydrogen) atoms. The van der Waals surface area contributed by atoms with E-state index in [2.05, 4.69) is 5.92 Å². The minimum Gasteiger partial charge on any atom is -0.493 e. The molecule has 0 saturated heterocycles. The summed E-state index contributed by atoms with van der Waals surface area (Å²) in [6.45, 7) is 0.112. The van der Waals surface area contributed by atoms with Crippen LogP contribution in [0.4, 0.5) is 13.2 Å². The van der Waals surface area contributed by atoms with Crippen LogP contribution in [-0.4, -0.2) is 17.7 Å². The predicted molar refractivity (Wildman–Crippen MR) is 57.3 cm³/mol. The fourth-order valence-electron chi connectivity index (χ4n) is 1.27. The van der Waals surface area contributed by atoms with Gasteiger partial charge in [-0.3, -0.25) is 0 Å². The fraction of sp³-hybridized carbons (Fsp3) is 0.250. The summed E-state index contributed by atoms with van der Waals surface area (Å²) < 4.78 is 42.6. The minimum absolute atomic E-state index is 0.0376. The molecule has 0 amide bonds. The summed E-state index contributed by atoms with van der Waals surface area (Å²) in [5.74, 6) is 0.665. The van der Waals surface area contributed by atoms with Gasteiger partial charge in [-0.25, -0.2) is 4.79 Å². The minimum atomic E-state index is -4.72. The first-order valence-electron chi connectivity index (χ1n) is 4.87. The van der Waals surface area contributed by atoms with E-state index in [9.17, 15) is 18.0 Å². The number of aromatic carboxylic acids is 1. The van der Waals surface area contributed by atoms with E-state index >= 15 is 0 Å². The zero-order valence-electron chi connectivity index (χ0n) is 9.12. The van der Waals surface area contributed by atoms with E-state index in [1.165, 1.54) is 0 Å². The number of benzene rings is 1. The molecule has 0 fully saturated rings. The molecule has 1 N–H and O–H groups in total. The van der Waals surface area contributed by atoms with Crippen LogP contribution in [-0.2, 0) is 6.18 Å². The van der Waals surface area contributed by atoms with Crippen molar-refractivity contribution in [1.82, 2.24) is 0 Å². The number of alkyl halides is 3. The molecule has 3 nitrogen and oxygen atoms in total. The molecule has 0 aromatic heterocycles. The van der Waals surface area contributed by atoms with Crippen LogP contribution in [0.15, 0.2) is 18.2 Å². The fourth-order valence-corrected chi connectivity index (χ4v) is 1.27. The number of ether oxygens (including phenoxy) is 1. The maximum Gasteiger partial charge on any atom is 0.417 e. The average Bonchev–Trinajstić information content (AvgIpc) is 2.27. The SMILES string of the molecule is C#CCCOc1ccc(C(F)(F)F)c(C(=O)O)c1. The summed E-state index contributed by atoms with van der Waals surface area (Å²) in [6, 6.07) is 2.57. The molecule has 0 aliphatic heterocycles. The van der Waals surface area contributed by atoms with Gasteiger partial charge in [-0.15, -0.1) is 12.3 Å². The molecule has 6 heteroatoms. The van der Waals surface area contributed by atoms with Crippen LogP contribution in [0.3, 0.4) is 0 Å². The Balaban J connectivity index is 3.05. The lowest BCUT2D eigenvalue weighted by Gasteiger charge is -2.12. The number of halogens is 3. The molecular weight excluding hydrogens is 249 g/mol. The van der Waals surface area contributed by atoms with Gasteiger partial charge in [-0.05, 0) is 18.2 Å². The van der Waals surface area contributed by atoms with Gasteiger partial charge < -0.3 is 9.84 Å². The third-order valence-corrected chi connectivity index (χ3v) is 2.04. The van der Waals surface area contributed by atoms with Crippen molar-refractivity contribution in [1.29, 1.82) is 0 Å². The topological polar surface area (TPSA) is 46.5 Å². The van der Waals surface area contributed by atoms with Crippen LogP contribution in [0, 0.1) is 12.3 Å². The zero-order chi connectivity index (χ0) is 13.8. The number of carbonyl (C=O) groups is 1. The molecule has 0 heterocycles. The quantitative estimate of drug-likeness (QED) is 0.667.